The number of imidazole rings is 1. The number of carbonyl (C=O) groups excluding carboxylic acids is 1. The summed E-state index contributed by atoms with van der Waals surface area (Å²) >= 11 is 0. The number of aromatic nitrogens is 3. The highest BCUT2D eigenvalue weighted by Crippen LogP contribution is 2.37. The predicted molar refractivity (Wildman–Crippen MR) is 113 cm³/mol. The number of benzene rings is 1. The second kappa shape index (κ2) is 7.59. The molecule has 2 aromatic heterocycles. The minimum Gasteiger partial charge on any atom is -0.366 e. The maximum absolute atomic E-state index is 11.7. The lowest BCUT2D eigenvalue weighted by molar-refractivity contribution is 0.100. The Morgan fingerprint density at radius 2 is 1.93 bits per heavy atom. The first-order valence-electron chi connectivity index (χ1n) is 10.7. The molecule has 29 heavy (non-hydrogen) atoms. The number of hydrogen-bond acceptors (Lipinski definition) is 4. The van der Waals surface area contributed by atoms with Gasteiger partial charge in [0.15, 0.2) is 0 Å². The maximum Gasteiger partial charge on any atom is 0.250 e. The Kier molecular flexibility index (Phi) is 4.79. The standard InChI is InChI=1S/C23H27N5O/c24-22(29)17-8-4-9-19-21(17)27-23(26-19)15-11-12-18(25-14-15)20-10-5-13-28(20)16-6-2-1-3-7-16/h4,8-9,11-12,14,16,20H,1-3,5-7,10,13H2,(H2,24,29)(H,26,27). The number of carbonyl (C=O) groups is 1. The fourth-order valence-corrected chi connectivity index (χ4v) is 5.07. The van der Waals surface area contributed by atoms with Crippen LogP contribution in [-0.2, 0) is 0 Å². The van der Waals surface area contributed by atoms with Crippen LogP contribution in [-0.4, -0.2) is 38.3 Å². The van der Waals surface area contributed by atoms with Gasteiger partial charge in [0, 0.05) is 17.8 Å². The molecule has 1 aliphatic carbocycles. The lowest BCUT2D eigenvalue weighted by Crippen LogP contribution is -2.36. The van der Waals surface area contributed by atoms with E-state index in [4.69, 9.17) is 10.7 Å². The van der Waals surface area contributed by atoms with Crippen LogP contribution < -0.4 is 5.73 Å². The fourth-order valence-electron chi connectivity index (χ4n) is 5.07. The molecule has 1 aromatic carbocycles. The predicted octanol–water partition coefficient (Wildman–Crippen LogP) is 4.19. The number of aromatic amines is 1. The van der Waals surface area contributed by atoms with Crippen LogP contribution in [0.1, 0.15) is 67.0 Å². The number of nitrogens with one attached hydrogen (secondary N) is 1. The summed E-state index contributed by atoms with van der Waals surface area (Å²) in [5.41, 5.74) is 9.41. The summed E-state index contributed by atoms with van der Waals surface area (Å²) in [4.78, 5) is 27.1. The average Bonchev–Trinajstić information content (AvgIpc) is 3.41. The van der Waals surface area contributed by atoms with Crippen LogP contribution >= 0.6 is 0 Å². The van der Waals surface area contributed by atoms with Gasteiger partial charge in [-0.2, -0.15) is 0 Å². The summed E-state index contributed by atoms with van der Waals surface area (Å²) in [5.74, 6) is 0.245. The number of H-pyrrole nitrogens is 1. The van der Waals surface area contributed by atoms with E-state index in [1.54, 1.807) is 6.07 Å². The molecule has 3 heterocycles. The van der Waals surface area contributed by atoms with Crippen LogP contribution in [0.15, 0.2) is 36.5 Å². The highest BCUT2D eigenvalue weighted by Gasteiger charge is 2.33. The van der Waals surface area contributed by atoms with Crippen molar-refractivity contribution in [1.29, 1.82) is 0 Å². The van der Waals surface area contributed by atoms with Gasteiger partial charge in [0.25, 0.3) is 5.91 Å². The van der Waals surface area contributed by atoms with Gasteiger partial charge in [-0.25, -0.2) is 4.98 Å². The summed E-state index contributed by atoms with van der Waals surface area (Å²) in [7, 11) is 0. The van der Waals surface area contributed by atoms with E-state index in [1.807, 2.05) is 18.3 Å². The van der Waals surface area contributed by atoms with E-state index in [0.29, 0.717) is 22.9 Å². The van der Waals surface area contributed by atoms with E-state index in [1.165, 1.54) is 51.5 Å². The molecule has 0 bridgehead atoms. The van der Waals surface area contributed by atoms with Gasteiger partial charge in [-0.3, -0.25) is 14.7 Å². The van der Waals surface area contributed by atoms with Crippen LogP contribution in [0.3, 0.4) is 0 Å². The lowest BCUT2D eigenvalue weighted by Gasteiger charge is -2.35. The molecule has 2 fully saturated rings. The SMILES string of the molecule is NC(=O)c1cccc2[nH]c(-c3ccc(C4CCCN4C4CCCCC4)nc3)nc12. The third-order valence-electron chi connectivity index (χ3n) is 6.52. The van der Waals surface area contributed by atoms with E-state index in [2.05, 4.69) is 27.0 Å². The second-order valence-electron chi connectivity index (χ2n) is 8.31. The molecule has 1 saturated heterocycles. The summed E-state index contributed by atoms with van der Waals surface area (Å²) in [5, 5.41) is 0. The third-order valence-corrected chi connectivity index (χ3v) is 6.52. The molecule has 1 amide bonds. The van der Waals surface area contributed by atoms with Gasteiger partial charge < -0.3 is 10.7 Å². The fraction of sp³-hybridized carbons (Fsp3) is 0.435. The molecule has 3 aromatic rings. The average molecular weight is 390 g/mol. The van der Waals surface area contributed by atoms with Crippen molar-refractivity contribution in [3.05, 3.63) is 47.8 Å². The molecule has 6 nitrogen and oxygen atoms in total. The molecule has 0 radical (unpaired) electrons. The molecule has 2 aliphatic rings. The quantitative estimate of drug-likeness (QED) is 0.700. The number of pyridine rings is 1. The van der Waals surface area contributed by atoms with Crippen LogP contribution in [0, 0.1) is 0 Å². The number of fused-ring (bicyclic) bond motifs is 1. The van der Waals surface area contributed by atoms with E-state index in [0.717, 1.165) is 22.8 Å². The Hall–Kier alpha value is -2.73. The van der Waals surface area contributed by atoms with Crippen molar-refractivity contribution < 1.29 is 4.79 Å². The summed E-state index contributed by atoms with van der Waals surface area (Å²) in [6, 6.07) is 10.8. The number of rotatable bonds is 4. The van der Waals surface area contributed by atoms with E-state index < -0.39 is 5.91 Å². The molecule has 1 atom stereocenters. The zero-order valence-electron chi connectivity index (χ0n) is 16.6. The normalized spacial score (nSPS) is 21.0. The Morgan fingerprint density at radius 1 is 1.07 bits per heavy atom. The second-order valence-corrected chi connectivity index (χ2v) is 8.31. The summed E-state index contributed by atoms with van der Waals surface area (Å²) in [6.07, 6.45) is 11.1. The van der Waals surface area contributed by atoms with Crippen LogP contribution in [0.5, 0.6) is 0 Å². The Bertz CT molecular complexity index is 1020. The molecule has 3 N–H and O–H groups in total. The Labute approximate surface area is 170 Å². The van der Waals surface area contributed by atoms with Crippen molar-refractivity contribution in [2.24, 2.45) is 5.73 Å². The molecule has 1 aliphatic heterocycles. The third kappa shape index (κ3) is 3.42. The van der Waals surface area contributed by atoms with Crippen LogP contribution in [0.2, 0.25) is 0 Å². The van der Waals surface area contributed by atoms with Gasteiger partial charge in [-0.15, -0.1) is 0 Å². The van der Waals surface area contributed by atoms with Gasteiger partial charge in [0.05, 0.1) is 22.8 Å². The molecule has 0 spiro atoms. The number of nitrogens with two attached hydrogens (primary N) is 1. The van der Waals surface area contributed by atoms with Crippen molar-refractivity contribution in [3.8, 4) is 11.4 Å². The summed E-state index contributed by atoms with van der Waals surface area (Å²) < 4.78 is 0. The smallest absolute Gasteiger partial charge is 0.250 e. The molecule has 1 saturated carbocycles. The van der Waals surface area contributed by atoms with E-state index in [-0.39, 0.29) is 0 Å². The molecule has 5 rings (SSSR count). The number of likely N-dealkylation sites (tertiary alicyclic amines) is 1. The summed E-state index contributed by atoms with van der Waals surface area (Å²) in [6.45, 7) is 1.19. The van der Waals surface area contributed by atoms with Crippen LogP contribution in [0.4, 0.5) is 0 Å². The van der Waals surface area contributed by atoms with Gasteiger partial charge >= 0.3 is 0 Å². The Balaban J connectivity index is 1.41. The Morgan fingerprint density at radius 3 is 2.69 bits per heavy atom. The maximum atomic E-state index is 11.7. The molecule has 150 valence electrons. The molecular weight excluding hydrogens is 362 g/mol. The van der Waals surface area contributed by atoms with Gasteiger partial charge in [-0.1, -0.05) is 25.3 Å². The minimum absolute atomic E-state index is 0.434. The largest absolute Gasteiger partial charge is 0.366 e. The first-order valence-corrected chi connectivity index (χ1v) is 10.7. The van der Waals surface area contributed by atoms with Crippen molar-refractivity contribution >= 4 is 16.9 Å². The van der Waals surface area contributed by atoms with E-state index in [9.17, 15) is 4.79 Å². The van der Waals surface area contributed by atoms with Gasteiger partial charge in [0.1, 0.15) is 11.3 Å². The van der Waals surface area contributed by atoms with Crippen molar-refractivity contribution in [2.45, 2.75) is 57.0 Å². The number of nitrogens with zero attached hydrogens (tertiary/aromatic N) is 3. The zero-order chi connectivity index (χ0) is 19.8. The number of para-hydroxylation sites is 1. The molecular formula is C23H27N5O. The van der Waals surface area contributed by atoms with Crippen LogP contribution in [0.25, 0.3) is 22.4 Å². The van der Waals surface area contributed by atoms with Gasteiger partial charge in [0.2, 0.25) is 0 Å². The van der Waals surface area contributed by atoms with Crippen molar-refractivity contribution in [3.63, 3.8) is 0 Å². The van der Waals surface area contributed by atoms with Crippen molar-refractivity contribution in [2.75, 3.05) is 6.54 Å². The topological polar surface area (TPSA) is 87.9 Å². The highest BCUT2D eigenvalue weighted by molar-refractivity contribution is 6.04. The monoisotopic (exact) mass is 389 g/mol. The first-order chi connectivity index (χ1) is 14.2. The first kappa shape index (κ1) is 18.3. The zero-order valence-corrected chi connectivity index (χ0v) is 16.6. The number of primary amides is 1. The number of amides is 1. The van der Waals surface area contributed by atoms with Crippen molar-refractivity contribution in [1.82, 2.24) is 19.9 Å². The molecule has 6 heteroatoms. The number of hydrogen-bond donors (Lipinski definition) is 2. The van der Waals surface area contributed by atoms with E-state index >= 15 is 0 Å². The van der Waals surface area contributed by atoms with Gasteiger partial charge in [-0.05, 0) is 56.5 Å². The highest BCUT2D eigenvalue weighted by atomic mass is 16.1. The lowest BCUT2D eigenvalue weighted by atomic mass is 9.93. The molecule has 1 unspecified atom stereocenters. The minimum atomic E-state index is -0.467.